The first-order valence-electron chi connectivity index (χ1n) is 12.4. The minimum Gasteiger partial charge on any atom is -0.298 e. The normalized spacial score (nSPS) is 21.4. The van der Waals surface area contributed by atoms with Crippen molar-refractivity contribution in [2.45, 2.75) is 38.0 Å². The van der Waals surface area contributed by atoms with E-state index in [1.165, 1.54) is 72.0 Å². The molecule has 0 aromatic heterocycles. The number of ketones is 1. The minimum absolute atomic E-state index is 0.126. The van der Waals surface area contributed by atoms with Gasteiger partial charge in [0.1, 0.15) is 0 Å². The first-order chi connectivity index (χ1) is 16.7. The molecule has 0 aliphatic heterocycles. The zero-order valence-corrected chi connectivity index (χ0v) is 19.2. The number of carbonyl (C=O) groups excluding carboxylic acids is 1. The third kappa shape index (κ3) is 2.27. The van der Waals surface area contributed by atoms with Crippen molar-refractivity contribution in [1.82, 2.24) is 0 Å². The van der Waals surface area contributed by atoms with E-state index in [2.05, 4.69) is 85.8 Å². The number of benzene rings is 4. The van der Waals surface area contributed by atoms with Crippen LogP contribution in [0.25, 0.3) is 22.4 Å². The standard InChI is InChI=1S/C33H24O/c1-18-10-11-19-12-13-23-17-26-25-9-5-4-8-22(25)16-27(26)32-30(23)29(19)28(18)31(33(32)34)24-14-20-6-2-3-7-21(20)15-24/h2-14,31-32H,15-17H2,1H3. The summed E-state index contributed by atoms with van der Waals surface area (Å²) in [5, 5.41) is 2.63. The van der Waals surface area contributed by atoms with E-state index in [-0.39, 0.29) is 11.8 Å². The van der Waals surface area contributed by atoms with Crippen LogP contribution in [0, 0.1) is 6.92 Å². The fraction of sp³-hybridized carbons (Fsp3) is 0.182. The van der Waals surface area contributed by atoms with Crippen LogP contribution in [0.15, 0.2) is 83.9 Å². The first-order valence-corrected chi connectivity index (χ1v) is 12.4. The molecule has 0 heterocycles. The number of Topliss-reactive ketones (excluding diaryl/α,β-unsaturated/α-hetero) is 1. The predicted molar refractivity (Wildman–Crippen MR) is 138 cm³/mol. The van der Waals surface area contributed by atoms with Crippen molar-refractivity contribution in [2.24, 2.45) is 0 Å². The van der Waals surface area contributed by atoms with Crippen LogP contribution in [0.1, 0.15) is 56.3 Å². The van der Waals surface area contributed by atoms with Gasteiger partial charge in [0.25, 0.3) is 0 Å². The lowest BCUT2D eigenvalue weighted by Gasteiger charge is -2.38. The van der Waals surface area contributed by atoms with Crippen LogP contribution in [0.5, 0.6) is 0 Å². The van der Waals surface area contributed by atoms with Crippen molar-refractivity contribution >= 4 is 28.2 Å². The van der Waals surface area contributed by atoms with Crippen molar-refractivity contribution in [1.29, 1.82) is 0 Å². The Labute approximate surface area is 199 Å². The maximum Gasteiger partial charge on any atom is 0.155 e. The summed E-state index contributed by atoms with van der Waals surface area (Å²) in [5.74, 6) is 0.0905. The largest absolute Gasteiger partial charge is 0.298 e. The van der Waals surface area contributed by atoms with Gasteiger partial charge in [0.05, 0.1) is 11.8 Å². The molecule has 1 heteroatoms. The first kappa shape index (κ1) is 18.7. The third-order valence-corrected chi connectivity index (χ3v) is 8.71. The van der Waals surface area contributed by atoms with Crippen LogP contribution < -0.4 is 0 Å². The molecule has 0 fully saturated rings. The SMILES string of the molecule is Cc1ccc2ccc3c4c2c1C(C1=Cc2ccccc2C1)C(=O)C4C1=C(C3)c2ccccc2C1. The molecular weight excluding hydrogens is 412 g/mol. The maximum absolute atomic E-state index is 14.7. The van der Waals surface area contributed by atoms with Gasteiger partial charge in [-0.1, -0.05) is 84.4 Å². The molecule has 0 saturated heterocycles. The number of rotatable bonds is 1. The van der Waals surface area contributed by atoms with E-state index in [1.54, 1.807) is 0 Å². The van der Waals surface area contributed by atoms with Crippen molar-refractivity contribution in [3.05, 3.63) is 128 Å². The molecule has 0 saturated carbocycles. The van der Waals surface area contributed by atoms with Crippen LogP contribution >= 0.6 is 0 Å². The summed E-state index contributed by atoms with van der Waals surface area (Å²) < 4.78 is 0. The second-order valence-corrected chi connectivity index (χ2v) is 10.4. The molecule has 0 bridgehead atoms. The fourth-order valence-electron chi connectivity index (χ4n) is 7.26. The van der Waals surface area contributed by atoms with Crippen molar-refractivity contribution in [3.8, 4) is 0 Å². The molecule has 162 valence electrons. The van der Waals surface area contributed by atoms with E-state index in [9.17, 15) is 4.79 Å². The van der Waals surface area contributed by atoms with Crippen LogP contribution in [0.3, 0.4) is 0 Å². The molecule has 8 rings (SSSR count). The van der Waals surface area contributed by atoms with Gasteiger partial charge >= 0.3 is 0 Å². The zero-order chi connectivity index (χ0) is 22.6. The van der Waals surface area contributed by atoms with Gasteiger partial charge in [0.15, 0.2) is 5.78 Å². The summed E-state index contributed by atoms with van der Waals surface area (Å²) in [6.45, 7) is 2.19. The van der Waals surface area contributed by atoms with E-state index in [0.29, 0.717) is 5.78 Å². The molecule has 4 aliphatic rings. The molecule has 34 heavy (non-hydrogen) atoms. The topological polar surface area (TPSA) is 17.1 Å². The van der Waals surface area contributed by atoms with Crippen LogP contribution in [0.4, 0.5) is 0 Å². The minimum atomic E-state index is -0.167. The Kier molecular flexibility index (Phi) is 3.54. The molecule has 4 aliphatic carbocycles. The Balaban J connectivity index is 1.41. The van der Waals surface area contributed by atoms with Gasteiger partial charge in [-0.3, -0.25) is 4.79 Å². The maximum atomic E-state index is 14.7. The van der Waals surface area contributed by atoms with Crippen molar-refractivity contribution in [2.75, 3.05) is 0 Å². The second kappa shape index (κ2) is 6.45. The number of hydrogen-bond donors (Lipinski definition) is 0. The number of carbonyl (C=O) groups is 1. The smallest absolute Gasteiger partial charge is 0.155 e. The molecule has 0 spiro atoms. The van der Waals surface area contributed by atoms with Gasteiger partial charge < -0.3 is 0 Å². The highest BCUT2D eigenvalue weighted by Crippen LogP contribution is 2.56. The van der Waals surface area contributed by atoms with Crippen molar-refractivity contribution in [3.63, 3.8) is 0 Å². The molecule has 0 N–H and O–H groups in total. The summed E-state index contributed by atoms with van der Waals surface area (Å²) >= 11 is 0. The number of fused-ring (bicyclic) bond motifs is 4. The van der Waals surface area contributed by atoms with Gasteiger partial charge in [-0.2, -0.15) is 0 Å². The molecule has 2 atom stereocenters. The highest BCUT2D eigenvalue weighted by atomic mass is 16.1. The summed E-state index contributed by atoms with van der Waals surface area (Å²) in [6, 6.07) is 26.4. The summed E-state index contributed by atoms with van der Waals surface area (Å²) in [6.07, 6.45) is 5.02. The highest BCUT2D eigenvalue weighted by molar-refractivity contribution is 6.12. The molecule has 0 radical (unpaired) electrons. The highest BCUT2D eigenvalue weighted by Gasteiger charge is 2.46. The van der Waals surface area contributed by atoms with Gasteiger partial charge in [0, 0.05) is 0 Å². The monoisotopic (exact) mass is 436 g/mol. The Morgan fingerprint density at radius 1 is 0.706 bits per heavy atom. The quantitative estimate of drug-likeness (QED) is 0.311. The van der Waals surface area contributed by atoms with E-state index >= 15 is 0 Å². The van der Waals surface area contributed by atoms with Crippen LogP contribution in [-0.2, 0) is 24.1 Å². The lowest BCUT2D eigenvalue weighted by atomic mass is 9.64. The molecule has 2 unspecified atom stereocenters. The van der Waals surface area contributed by atoms with Crippen LogP contribution in [0.2, 0.25) is 0 Å². The predicted octanol–water partition coefficient (Wildman–Crippen LogP) is 7.10. The molecule has 0 amide bonds. The number of hydrogen-bond acceptors (Lipinski definition) is 1. The van der Waals surface area contributed by atoms with Gasteiger partial charge in [-0.15, -0.1) is 0 Å². The third-order valence-electron chi connectivity index (χ3n) is 8.71. The van der Waals surface area contributed by atoms with Gasteiger partial charge in [0.2, 0.25) is 0 Å². The lowest BCUT2D eigenvalue weighted by molar-refractivity contribution is -0.120. The Morgan fingerprint density at radius 3 is 2.38 bits per heavy atom. The average molecular weight is 437 g/mol. The molecule has 4 aromatic carbocycles. The van der Waals surface area contributed by atoms with Crippen molar-refractivity contribution < 1.29 is 4.79 Å². The summed E-state index contributed by atoms with van der Waals surface area (Å²) in [4.78, 5) is 14.7. The number of allylic oxidation sites excluding steroid dienone is 3. The summed E-state index contributed by atoms with van der Waals surface area (Å²) in [7, 11) is 0. The average Bonchev–Trinajstić information content (AvgIpc) is 3.45. The van der Waals surface area contributed by atoms with E-state index in [0.717, 1.165) is 19.3 Å². The zero-order valence-electron chi connectivity index (χ0n) is 19.2. The second-order valence-electron chi connectivity index (χ2n) is 10.4. The number of aryl methyl sites for hydroxylation is 1. The van der Waals surface area contributed by atoms with E-state index < -0.39 is 0 Å². The van der Waals surface area contributed by atoms with E-state index in [1.807, 2.05) is 0 Å². The van der Waals surface area contributed by atoms with Gasteiger partial charge in [-0.25, -0.2) is 0 Å². The van der Waals surface area contributed by atoms with Crippen LogP contribution in [-0.4, -0.2) is 5.78 Å². The fourth-order valence-corrected chi connectivity index (χ4v) is 7.26. The lowest BCUT2D eigenvalue weighted by Crippen LogP contribution is -2.32. The Bertz CT molecular complexity index is 1660. The molecular formula is C33H24O. The molecule has 1 nitrogen and oxygen atoms in total. The van der Waals surface area contributed by atoms with E-state index in [4.69, 9.17) is 0 Å². The summed E-state index contributed by atoms with van der Waals surface area (Å²) in [5.41, 5.74) is 14.5. The van der Waals surface area contributed by atoms with Gasteiger partial charge in [-0.05, 0) is 92.6 Å². The Morgan fingerprint density at radius 2 is 1.50 bits per heavy atom. The Hall–Kier alpha value is -3.71. The molecule has 4 aromatic rings.